The van der Waals surface area contributed by atoms with Crippen molar-refractivity contribution >= 4 is 5.69 Å². The van der Waals surface area contributed by atoms with Crippen LogP contribution >= 0.6 is 0 Å². The van der Waals surface area contributed by atoms with Gasteiger partial charge < -0.3 is 5.73 Å². The molecular formula is C21H16N4. The molecule has 4 rings (SSSR count). The molecule has 0 spiro atoms. The number of nitrogens with two attached hydrogens (primary N) is 1. The maximum atomic E-state index is 5.82. The number of hydrogen-bond acceptors (Lipinski definition) is 4. The molecular weight excluding hydrogens is 308 g/mol. The highest BCUT2D eigenvalue weighted by atomic mass is 14.7. The Kier molecular flexibility index (Phi) is 3.92. The molecule has 3 heterocycles. The molecule has 0 aliphatic rings. The Hall–Kier alpha value is -3.53. The average Bonchev–Trinajstić information content (AvgIpc) is 2.69. The summed E-state index contributed by atoms with van der Waals surface area (Å²) < 4.78 is 0. The SMILES string of the molecule is Nc1ccc(-c2cc(-c3cccnc3)nc(-c3cccnc3)c2)cc1. The predicted molar refractivity (Wildman–Crippen MR) is 101 cm³/mol. The van der Waals surface area contributed by atoms with Crippen LogP contribution < -0.4 is 5.73 Å². The highest BCUT2D eigenvalue weighted by molar-refractivity contribution is 5.76. The predicted octanol–water partition coefficient (Wildman–Crippen LogP) is 4.45. The van der Waals surface area contributed by atoms with Crippen molar-refractivity contribution in [2.24, 2.45) is 0 Å². The number of benzene rings is 1. The average molecular weight is 324 g/mol. The highest BCUT2D eigenvalue weighted by Gasteiger charge is 2.09. The zero-order chi connectivity index (χ0) is 17.1. The van der Waals surface area contributed by atoms with Crippen LogP contribution in [0, 0.1) is 0 Å². The monoisotopic (exact) mass is 324 g/mol. The van der Waals surface area contributed by atoms with Gasteiger partial charge in [-0.05, 0) is 59.7 Å². The van der Waals surface area contributed by atoms with Crippen LogP contribution in [0.2, 0.25) is 0 Å². The van der Waals surface area contributed by atoms with Gasteiger partial charge in [0.2, 0.25) is 0 Å². The van der Waals surface area contributed by atoms with E-state index in [0.29, 0.717) is 0 Å². The smallest absolute Gasteiger partial charge is 0.0731 e. The van der Waals surface area contributed by atoms with Crippen LogP contribution in [-0.4, -0.2) is 15.0 Å². The van der Waals surface area contributed by atoms with Crippen LogP contribution in [0.5, 0.6) is 0 Å². The van der Waals surface area contributed by atoms with Crippen molar-refractivity contribution in [1.29, 1.82) is 0 Å². The van der Waals surface area contributed by atoms with Gasteiger partial charge in [-0.1, -0.05) is 12.1 Å². The Bertz CT molecular complexity index is 924. The van der Waals surface area contributed by atoms with Gasteiger partial charge in [0.25, 0.3) is 0 Å². The number of anilines is 1. The van der Waals surface area contributed by atoms with Crippen molar-refractivity contribution in [2.75, 3.05) is 5.73 Å². The van der Waals surface area contributed by atoms with Crippen molar-refractivity contribution in [3.05, 3.63) is 85.5 Å². The van der Waals surface area contributed by atoms with E-state index in [2.05, 4.69) is 22.1 Å². The molecule has 4 heteroatoms. The molecule has 0 bridgehead atoms. The standard InChI is InChI=1S/C21H16N4/c22-19-7-5-15(6-8-19)18-11-20(16-3-1-9-23-13-16)25-21(12-18)17-4-2-10-24-14-17/h1-14H,22H2. The number of nitrogens with zero attached hydrogens (tertiary/aromatic N) is 3. The van der Waals surface area contributed by atoms with Crippen molar-refractivity contribution in [3.63, 3.8) is 0 Å². The summed E-state index contributed by atoms with van der Waals surface area (Å²) in [7, 11) is 0. The van der Waals surface area contributed by atoms with Gasteiger partial charge >= 0.3 is 0 Å². The minimum atomic E-state index is 0.748. The Balaban J connectivity index is 1.90. The number of hydrogen-bond donors (Lipinski definition) is 1. The molecule has 120 valence electrons. The molecule has 0 atom stereocenters. The second-order valence-corrected chi connectivity index (χ2v) is 5.73. The lowest BCUT2D eigenvalue weighted by Crippen LogP contribution is -1.92. The van der Waals surface area contributed by atoms with Gasteiger partial charge in [-0.2, -0.15) is 0 Å². The summed E-state index contributed by atoms with van der Waals surface area (Å²) >= 11 is 0. The summed E-state index contributed by atoms with van der Waals surface area (Å²) in [6.45, 7) is 0. The summed E-state index contributed by atoms with van der Waals surface area (Å²) in [5, 5.41) is 0. The quantitative estimate of drug-likeness (QED) is 0.565. The fraction of sp³-hybridized carbons (Fsp3) is 0. The second-order valence-electron chi connectivity index (χ2n) is 5.73. The van der Waals surface area contributed by atoms with Gasteiger partial charge in [0.1, 0.15) is 0 Å². The molecule has 0 amide bonds. The Morgan fingerprint density at radius 1 is 0.600 bits per heavy atom. The van der Waals surface area contributed by atoms with E-state index in [0.717, 1.165) is 39.3 Å². The van der Waals surface area contributed by atoms with Crippen molar-refractivity contribution < 1.29 is 0 Å². The number of pyridine rings is 3. The third kappa shape index (κ3) is 3.23. The van der Waals surface area contributed by atoms with E-state index in [1.807, 2.05) is 60.9 Å². The summed E-state index contributed by atoms with van der Waals surface area (Å²) in [6, 6.07) is 19.8. The van der Waals surface area contributed by atoms with Gasteiger partial charge in [0.15, 0.2) is 0 Å². The van der Waals surface area contributed by atoms with Crippen LogP contribution in [0.4, 0.5) is 5.69 Å². The minimum Gasteiger partial charge on any atom is -0.399 e. The van der Waals surface area contributed by atoms with Crippen LogP contribution in [0.3, 0.4) is 0 Å². The fourth-order valence-electron chi connectivity index (χ4n) is 2.70. The zero-order valence-electron chi connectivity index (χ0n) is 13.5. The highest BCUT2D eigenvalue weighted by Crippen LogP contribution is 2.30. The summed E-state index contributed by atoms with van der Waals surface area (Å²) in [6.07, 6.45) is 7.16. The van der Waals surface area contributed by atoms with Crippen LogP contribution in [0.15, 0.2) is 85.5 Å². The normalized spacial score (nSPS) is 10.6. The van der Waals surface area contributed by atoms with Gasteiger partial charge in [-0.15, -0.1) is 0 Å². The summed E-state index contributed by atoms with van der Waals surface area (Å²) in [5.74, 6) is 0. The molecule has 0 radical (unpaired) electrons. The molecule has 2 N–H and O–H groups in total. The molecule has 0 unspecified atom stereocenters. The fourth-order valence-corrected chi connectivity index (χ4v) is 2.70. The van der Waals surface area contributed by atoms with E-state index in [-0.39, 0.29) is 0 Å². The van der Waals surface area contributed by atoms with E-state index in [9.17, 15) is 0 Å². The van der Waals surface area contributed by atoms with Crippen LogP contribution in [-0.2, 0) is 0 Å². The Morgan fingerprint density at radius 3 is 1.64 bits per heavy atom. The zero-order valence-corrected chi connectivity index (χ0v) is 13.5. The first-order valence-corrected chi connectivity index (χ1v) is 7.98. The molecule has 0 saturated carbocycles. The summed E-state index contributed by atoms with van der Waals surface area (Å²) in [5.41, 5.74) is 12.4. The second kappa shape index (κ2) is 6.53. The maximum Gasteiger partial charge on any atom is 0.0731 e. The van der Waals surface area contributed by atoms with Crippen molar-refractivity contribution in [2.45, 2.75) is 0 Å². The van der Waals surface area contributed by atoms with E-state index >= 15 is 0 Å². The van der Waals surface area contributed by atoms with E-state index in [4.69, 9.17) is 10.7 Å². The number of aromatic nitrogens is 3. The lowest BCUT2D eigenvalue weighted by molar-refractivity contribution is 1.26. The van der Waals surface area contributed by atoms with Gasteiger partial charge in [-0.3, -0.25) is 9.97 Å². The lowest BCUT2D eigenvalue weighted by atomic mass is 10.0. The Labute approximate surface area is 146 Å². The number of rotatable bonds is 3. The summed E-state index contributed by atoms with van der Waals surface area (Å²) in [4.78, 5) is 13.2. The molecule has 0 aliphatic carbocycles. The topological polar surface area (TPSA) is 64.7 Å². The molecule has 3 aromatic heterocycles. The van der Waals surface area contributed by atoms with Crippen LogP contribution in [0.25, 0.3) is 33.6 Å². The minimum absolute atomic E-state index is 0.748. The van der Waals surface area contributed by atoms with Crippen molar-refractivity contribution in [3.8, 4) is 33.6 Å². The molecule has 4 aromatic rings. The van der Waals surface area contributed by atoms with E-state index in [1.165, 1.54) is 0 Å². The molecule has 0 fully saturated rings. The lowest BCUT2D eigenvalue weighted by Gasteiger charge is -2.10. The molecule has 0 aliphatic heterocycles. The van der Waals surface area contributed by atoms with Crippen LogP contribution in [0.1, 0.15) is 0 Å². The molecule has 4 nitrogen and oxygen atoms in total. The third-order valence-electron chi connectivity index (χ3n) is 3.98. The number of nitrogen functional groups attached to an aromatic ring is 1. The molecule has 1 aromatic carbocycles. The first-order valence-electron chi connectivity index (χ1n) is 7.98. The Morgan fingerprint density at radius 2 is 1.16 bits per heavy atom. The first kappa shape index (κ1) is 15.0. The van der Waals surface area contributed by atoms with Gasteiger partial charge in [-0.25, -0.2) is 4.98 Å². The van der Waals surface area contributed by atoms with Gasteiger partial charge in [0, 0.05) is 41.6 Å². The van der Waals surface area contributed by atoms with Crippen molar-refractivity contribution in [1.82, 2.24) is 15.0 Å². The molecule has 0 saturated heterocycles. The van der Waals surface area contributed by atoms with E-state index < -0.39 is 0 Å². The largest absolute Gasteiger partial charge is 0.399 e. The first-order chi connectivity index (χ1) is 12.3. The maximum absolute atomic E-state index is 5.82. The molecule has 25 heavy (non-hydrogen) atoms. The third-order valence-corrected chi connectivity index (χ3v) is 3.98. The van der Waals surface area contributed by atoms with E-state index in [1.54, 1.807) is 12.4 Å². The van der Waals surface area contributed by atoms with Gasteiger partial charge in [0.05, 0.1) is 11.4 Å².